The second kappa shape index (κ2) is 6.17. The van der Waals surface area contributed by atoms with Gasteiger partial charge in [-0.15, -0.1) is 0 Å². The number of nitrogens with zero attached hydrogens (tertiary/aromatic N) is 3. The van der Waals surface area contributed by atoms with Gasteiger partial charge in [0.25, 0.3) is 0 Å². The minimum Gasteiger partial charge on any atom is -0.301 e. The summed E-state index contributed by atoms with van der Waals surface area (Å²) in [7, 11) is 2.20. The Bertz CT molecular complexity index is 841. The van der Waals surface area contributed by atoms with Crippen LogP contribution in [0.25, 0.3) is 11.1 Å². The van der Waals surface area contributed by atoms with Crippen LogP contribution in [0, 0.1) is 6.92 Å². The fourth-order valence-corrected chi connectivity index (χ4v) is 3.56. The molecule has 0 fully saturated rings. The number of aromatic nitrogens is 2. The molecule has 1 aliphatic rings. The van der Waals surface area contributed by atoms with E-state index in [2.05, 4.69) is 71.3 Å². The topological polar surface area (TPSA) is 29.0 Å². The van der Waals surface area contributed by atoms with Gasteiger partial charge in [-0.3, -0.25) is 0 Å². The predicted molar refractivity (Wildman–Crippen MR) is 96.8 cm³/mol. The van der Waals surface area contributed by atoms with Gasteiger partial charge in [-0.25, -0.2) is 9.97 Å². The summed E-state index contributed by atoms with van der Waals surface area (Å²) in [6.07, 6.45) is 5.32. The first-order valence-electron chi connectivity index (χ1n) is 8.34. The van der Waals surface area contributed by atoms with E-state index in [1.165, 1.54) is 27.8 Å². The minimum atomic E-state index is 0.431. The molecule has 1 aromatic heterocycles. The fourth-order valence-electron chi connectivity index (χ4n) is 3.56. The molecule has 0 amide bonds. The zero-order valence-corrected chi connectivity index (χ0v) is 14.1. The number of hydrogen-bond acceptors (Lipinski definition) is 3. The van der Waals surface area contributed by atoms with Crippen LogP contribution in [0.1, 0.15) is 28.2 Å². The molecule has 3 nitrogen and oxygen atoms in total. The lowest BCUT2D eigenvalue weighted by molar-refractivity contribution is 0.295. The molecule has 0 bridgehead atoms. The summed E-state index contributed by atoms with van der Waals surface area (Å²) >= 11 is 0. The molecule has 0 radical (unpaired) electrons. The van der Waals surface area contributed by atoms with E-state index in [1.54, 1.807) is 6.33 Å². The molecule has 120 valence electrons. The van der Waals surface area contributed by atoms with Crippen LogP contribution in [0.15, 0.2) is 61.2 Å². The van der Waals surface area contributed by atoms with Crippen molar-refractivity contribution < 1.29 is 0 Å². The van der Waals surface area contributed by atoms with E-state index in [9.17, 15) is 0 Å². The van der Waals surface area contributed by atoms with Gasteiger partial charge < -0.3 is 4.90 Å². The van der Waals surface area contributed by atoms with Gasteiger partial charge in [0.2, 0.25) is 0 Å². The highest BCUT2D eigenvalue weighted by molar-refractivity contribution is 5.64. The van der Waals surface area contributed by atoms with Gasteiger partial charge in [0.15, 0.2) is 0 Å². The molecule has 2 heterocycles. The molecule has 0 N–H and O–H groups in total. The Morgan fingerprint density at radius 1 is 0.958 bits per heavy atom. The van der Waals surface area contributed by atoms with Gasteiger partial charge in [-0.05, 0) is 42.3 Å². The Morgan fingerprint density at radius 3 is 2.46 bits per heavy atom. The number of rotatable bonds is 2. The summed E-state index contributed by atoms with van der Waals surface area (Å²) in [5, 5.41) is 0. The van der Waals surface area contributed by atoms with Crippen LogP contribution in [-0.4, -0.2) is 28.5 Å². The number of benzene rings is 2. The average molecular weight is 315 g/mol. The van der Waals surface area contributed by atoms with Crippen molar-refractivity contribution in [1.82, 2.24) is 14.9 Å². The van der Waals surface area contributed by atoms with E-state index in [4.69, 9.17) is 0 Å². The quantitative estimate of drug-likeness (QED) is 0.715. The number of fused-ring (bicyclic) bond motifs is 1. The predicted octanol–water partition coefficient (Wildman–Crippen LogP) is 4.03. The second-order valence-corrected chi connectivity index (χ2v) is 6.70. The maximum atomic E-state index is 4.14. The molecule has 0 spiro atoms. The van der Waals surface area contributed by atoms with Gasteiger partial charge in [-0.1, -0.05) is 42.0 Å². The van der Waals surface area contributed by atoms with E-state index in [1.807, 2.05) is 12.4 Å². The van der Waals surface area contributed by atoms with Crippen molar-refractivity contribution in [1.29, 1.82) is 0 Å². The molecule has 2 aromatic carbocycles. The molecule has 0 saturated heterocycles. The van der Waals surface area contributed by atoms with Crippen LogP contribution in [0.5, 0.6) is 0 Å². The maximum absolute atomic E-state index is 4.14. The van der Waals surface area contributed by atoms with Gasteiger partial charge in [0, 0.05) is 37.0 Å². The Hall–Kier alpha value is -2.52. The van der Waals surface area contributed by atoms with Crippen molar-refractivity contribution in [3.8, 4) is 11.1 Å². The molecule has 1 aliphatic heterocycles. The lowest BCUT2D eigenvalue weighted by atomic mass is 9.83. The largest absolute Gasteiger partial charge is 0.301 e. The van der Waals surface area contributed by atoms with Crippen LogP contribution in [0.4, 0.5) is 0 Å². The molecule has 0 unspecified atom stereocenters. The third kappa shape index (κ3) is 2.83. The number of hydrogen-bond donors (Lipinski definition) is 0. The first-order chi connectivity index (χ1) is 11.7. The lowest BCUT2D eigenvalue weighted by Crippen LogP contribution is -2.31. The van der Waals surface area contributed by atoms with Crippen LogP contribution >= 0.6 is 0 Å². The molecule has 3 heteroatoms. The summed E-state index contributed by atoms with van der Waals surface area (Å²) in [5.41, 5.74) is 7.80. The average Bonchev–Trinajstić information content (AvgIpc) is 2.62. The van der Waals surface area contributed by atoms with E-state index in [0.29, 0.717) is 5.92 Å². The van der Waals surface area contributed by atoms with Gasteiger partial charge >= 0.3 is 0 Å². The van der Waals surface area contributed by atoms with Crippen molar-refractivity contribution in [2.45, 2.75) is 19.4 Å². The molecular formula is C21H21N3. The van der Waals surface area contributed by atoms with E-state index >= 15 is 0 Å². The highest BCUT2D eigenvalue weighted by Crippen LogP contribution is 2.35. The SMILES string of the molecule is Cc1ccc([C@@H]2CN(C)Cc3cc(-c4cncnc4)ccc32)cc1. The van der Waals surface area contributed by atoms with Gasteiger partial charge in [0.05, 0.1) is 0 Å². The van der Waals surface area contributed by atoms with Crippen LogP contribution in [-0.2, 0) is 6.54 Å². The first-order valence-corrected chi connectivity index (χ1v) is 8.34. The Balaban J connectivity index is 1.76. The third-order valence-electron chi connectivity index (χ3n) is 4.83. The van der Waals surface area contributed by atoms with Crippen LogP contribution in [0.2, 0.25) is 0 Å². The maximum Gasteiger partial charge on any atom is 0.115 e. The van der Waals surface area contributed by atoms with Crippen molar-refractivity contribution in [3.63, 3.8) is 0 Å². The number of likely N-dealkylation sites (N-methyl/N-ethyl adjacent to an activating group) is 1. The normalized spacial score (nSPS) is 17.5. The van der Waals surface area contributed by atoms with Crippen molar-refractivity contribution in [2.75, 3.05) is 13.6 Å². The molecular weight excluding hydrogens is 294 g/mol. The van der Waals surface area contributed by atoms with Crippen molar-refractivity contribution >= 4 is 0 Å². The van der Waals surface area contributed by atoms with Crippen LogP contribution < -0.4 is 0 Å². The molecule has 3 aromatic rings. The summed E-state index contributed by atoms with van der Waals surface area (Å²) in [4.78, 5) is 10.7. The second-order valence-electron chi connectivity index (χ2n) is 6.70. The summed E-state index contributed by atoms with van der Waals surface area (Å²) in [6, 6.07) is 15.7. The van der Waals surface area contributed by atoms with E-state index in [-0.39, 0.29) is 0 Å². The minimum absolute atomic E-state index is 0.431. The lowest BCUT2D eigenvalue weighted by Gasteiger charge is -2.33. The monoisotopic (exact) mass is 315 g/mol. The third-order valence-corrected chi connectivity index (χ3v) is 4.83. The fraction of sp³-hybridized carbons (Fsp3) is 0.238. The van der Waals surface area contributed by atoms with Crippen molar-refractivity contribution in [2.24, 2.45) is 0 Å². The van der Waals surface area contributed by atoms with Crippen LogP contribution in [0.3, 0.4) is 0 Å². The molecule has 24 heavy (non-hydrogen) atoms. The smallest absolute Gasteiger partial charge is 0.115 e. The van der Waals surface area contributed by atoms with Crippen molar-refractivity contribution in [3.05, 3.63) is 83.4 Å². The van der Waals surface area contributed by atoms with E-state index in [0.717, 1.165) is 18.7 Å². The first kappa shape index (κ1) is 15.0. The van der Waals surface area contributed by atoms with E-state index < -0.39 is 0 Å². The molecule has 1 atom stereocenters. The number of aryl methyl sites for hydroxylation is 1. The Kier molecular flexibility index (Phi) is 3.87. The zero-order chi connectivity index (χ0) is 16.5. The summed E-state index contributed by atoms with van der Waals surface area (Å²) < 4.78 is 0. The standard InChI is InChI=1S/C21H21N3/c1-15-3-5-16(6-4-15)21-13-24(2)12-18-9-17(7-8-20(18)21)19-10-22-14-23-11-19/h3-11,14,21H,12-13H2,1-2H3/t21-/m0/s1. The highest BCUT2D eigenvalue weighted by atomic mass is 15.1. The highest BCUT2D eigenvalue weighted by Gasteiger charge is 2.25. The Morgan fingerprint density at radius 2 is 1.71 bits per heavy atom. The molecule has 4 rings (SSSR count). The zero-order valence-electron chi connectivity index (χ0n) is 14.1. The molecule has 0 saturated carbocycles. The molecule has 0 aliphatic carbocycles. The Labute approximate surface area is 143 Å². The van der Waals surface area contributed by atoms with Gasteiger partial charge in [0.1, 0.15) is 6.33 Å². The summed E-state index contributed by atoms with van der Waals surface area (Å²) in [6.45, 7) is 4.18. The summed E-state index contributed by atoms with van der Waals surface area (Å²) in [5.74, 6) is 0.431. The van der Waals surface area contributed by atoms with Gasteiger partial charge in [-0.2, -0.15) is 0 Å².